The van der Waals surface area contributed by atoms with Crippen LogP contribution in [-0.4, -0.2) is 42.0 Å². The van der Waals surface area contributed by atoms with Crippen molar-refractivity contribution in [2.75, 3.05) is 18.4 Å². The maximum absolute atomic E-state index is 12.4. The molecule has 0 spiro atoms. The highest BCUT2D eigenvalue weighted by atomic mass is 79.9. The summed E-state index contributed by atoms with van der Waals surface area (Å²) in [5, 5.41) is 0.182. The molecular weight excluding hydrogens is 365 g/mol. The molecule has 21 heavy (non-hydrogen) atoms. The largest absolute Gasteiger partial charge is 0.435 e. The lowest BCUT2D eigenvalue weighted by Crippen LogP contribution is -2.40. The number of ether oxygens (including phenoxy) is 1. The first-order valence-corrected chi connectivity index (χ1v) is 6.82. The van der Waals surface area contributed by atoms with E-state index in [4.69, 9.17) is 0 Å². The van der Waals surface area contributed by atoms with Crippen LogP contribution < -0.4 is 4.74 Å². The van der Waals surface area contributed by atoms with Gasteiger partial charge in [-0.1, -0.05) is 15.9 Å². The lowest BCUT2D eigenvalue weighted by Gasteiger charge is -2.23. The number of amides is 1. The molecule has 0 aliphatic carbocycles. The summed E-state index contributed by atoms with van der Waals surface area (Å²) >= 11 is 2.97. The second-order valence-corrected chi connectivity index (χ2v) is 4.73. The van der Waals surface area contributed by atoms with E-state index in [2.05, 4.69) is 20.7 Å². The van der Waals surface area contributed by atoms with Crippen molar-refractivity contribution in [3.8, 4) is 5.75 Å². The molecule has 0 aliphatic rings. The second-order valence-electron chi connectivity index (χ2n) is 3.93. The summed E-state index contributed by atoms with van der Waals surface area (Å²) in [6, 6.07) is 4.47. The smallest absolute Gasteiger partial charge is 0.406 e. The molecule has 0 aromatic heterocycles. The quantitative estimate of drug-likeness (QED) is 0.560. The number of carbonyl (C=O) groups excluding carboxylic acids is 1. The number of halogens is 6. The molecule has 0 radical (unpaired) electrons. The molecule has 0 unspecified atom stereocenters. The number of nitrogens with zero attached hydrogens (tertiary/aromatic N) is 1. The average molecular weight is 376 g/mol. The van der Waals surface area contributed by atoms with Crippen LogP contribution in [0.4, 0.5) is 22.0 Å². The third-order valence-corrected chi connectivity index (χ3v) is 2.69. The molecule has 1 aromatic rings. The molecule has 0 saturated heterocycles. The number of hydrogen-bond donors (Lipinski definition) is 0. The lowest BCUT2D eigenvalue weighted by molar-refractivity contribution is -0.140. The fourth-order valence-electron chi connectivity index (χ4n) is 1.53. The zero-order valence-electron chi connectivity index (χ0n) is 10.5. The minimum Gasteiger partial charge on any atom is -0.435 e. The van der Waals surface area contributed by atoms with Crippen LogP contribution >= 0.6 is 15.9 Å². The van der Waals surface area contributed by atoms with E-state index in [0.29, 0.717) is 4.90 Å². The van der Waals surface area contributed by atoms with Crippen LogP contribution in [-0.2, 0) is 0 Å². The lowest BCUT2D eigenvalue weighted by atomic mass is 10.2. The summed E-state index contributed by atoms with van der Waals surface area (Å²) in [5.74, 6) is -1.01. The Balaban J connectivity index is 2.83. The van der Waals surface area contributed by atoms with Crippen LogP contribution in [0, 0.1) is 0 Å². The molecule has 9 heteroatoms. The Hall–Kier alpha value is -1.38. The minimum absolute atomic E-state index is 0.0400. The highest BCUT2D eigenvalue weighted by Crippen LogP contribution is 2.20. The van der Waals surface area contributed by atoms with Crippen molar-refractivity contribution in [2.45, 2.75) is 12.8 Å². The van der Waals surface area contributed by atoms with Crippen LogP contribution in [0.5, 0.6) is 5.75 Å². The molecule has 0 N–H and O–H groups in total. The number of benzene rings is 1. The van der Waals surface area contributed by atoms with Crippen molar-refractivity contribution in [3.63, 3.8) is 0 Å². The first kappa shape index (κ1) is 17.7. The molecule has 0 fully saturated rings. The molecular formula is C12H11BrF5NO2. The van der Waals surface area contributed by atoms with E-state index in [1.807, 2.05) is 0 Å². The van der Waals surface area contributed by atoms with E-state index in [0.717, 1.165) is 24.3 Å². The summed E-state index contributed by atoms with van der Waals surface area (Å²) in [6.07, 6.45) is -4.52. The Bertz CT molecular complexity index is 464. The minimum atomic E-state index is -4.52. The summed E-state index contributed by atoms with van der Waals surface area (Å²) in [5.41, 5.74) is -0.0400. The molecule has 3 nitrogen and oxygen atoms in total. The molecule has 0 heterocycles. The summed E-state index contributed by atoms with van der Waals surface area (Å²) < 4.78 is 65.2. The van der Waals surface area contributed by atoms with Gasteiger partial charge >= 0.3 is 12.8 Å². The Morgan fingerprint density at radius 2 is 1.81 bits per heavy atom. The van der Waals surface area contributed by atoms with Gasteiger partial charge in [0.25, 0.3) is 5.91 Å². The van der Waals surface area contributed by atoms with Crippen molar-refractivity contribution in [1.29, 1.82) is 0 Å². The van der Waals surface area contributed by atoms with E-state index in [1.165, 1.54) is 0 Å². The molecule has 1 amide bonds. The zero-order chi connectivity index (χ0) is 16.0. The fourth-order valence-corrected chi connectivity index (χ4v) is 1.96. The highest BCUT2D eigenvalue weighted by Gasteiger charge is 2.33. The van der Waals surface area contributed by atoms with Crippen LogP contribution in [0.15, 0.2) is 24.3 Å². The number of rotatable bonds is 6. The molecule has 118 valence electrons. The first-order chi connectivity index (χ1) is 9.73. The number of carbonyl (C=O) groups is 1. The maximum atomic E-state index is 12.4. The van der Waals surface area contributed by atoms with Gasteiger partial charge in [-0.3, -0.25) is 4.79 Å². The third-order valence-electron chi connectivity index (χ3n) is 2.34. The molecule has 0 saturated carbocycles. The van der Waals surface area contributed by atoms with Gasteiger partial charge in [-0.25, -0.2) is 0 Å². The van der Waals surface area contributed by atoms with Gasteiger partial charge in [-0.15, -0.1) is 0 Å². The maximum Gasteiger partial charge on any atom is 0.406 e. The normalized spacial score (nSPS) is 11.6. The average Bonchev–Trinajstić information content (AvgIpc) is 2.36. The first-order valence-electron chi connectivity index (χ1n) is 5.70. The third kappa shape index (κ3) is 6.28. The Morgan fingerprint density at radius 1 is 1.24 bits per heavy atom. The van der Waals surface area contributed by atoms with Crippen molar-refractivity contribution in [3.05, 3.63) is 29.8 Å². The van der Waals surface area contributed by atoms with Crippen molar-refractivity contribution in [1.82, 2.24) is 4.90 Å². The summed E-state index contributed by atoms with van der Waals surface area (Å²) in [6.45, 7) is -4.53. The number of hydrogen-bond acceptors (Lipinski definition) is 2. The van der Waals surface area contributed by atoms with Gasteiger partial charge in [0.2, 0.25) is 0 Å². The van der Waals surface area contributed by atoms with E-state index < -0.39 is 25.2 Å². The monoisotopic (exact) mass is 375 g/mol. The summed E-state index contributed by atoms with van der Waals surface area (Å²) in [7, 11) is 0. The fraction of sp³-hybridized carbons (Fsp3) is 0.417. The predicted molar refractivity (Wildman–Crippen MR) is 68.8 cm³/mol. The van der Waals surface area contributed by atoms with E-state index in [-0.39, 0.29) is 23.2 Å². The van der Waals surface area contributed by atoms with Gasteiger partial charge in [0.1, 0.15) is 12.3 Å². The standard InChI is InChI=1S/C12H11BrF5NO2/c13-5-6-19(7-12(16,17)18)10(20)8-1-3-9(4-2-8)21-11(14)15/h1-4,11H,5-7H2. The van der Waals surface area contributed by atoms with E-state index >= 15 is 0 Å². The van der Waals surface area contributed by atoms with Crippen LogP contribution in [0.3, 0.4) is 0 Å². The zero-order valence-corrected chi connectivity index (χ0v) is 12.1. The second kappa shape index (κ2) is 7.58. The predicted octanol–water partition coefficient (Wildman–Crippen LogP) is 3.69. The van der Waals surface area contributed by atoms with Gasteiger partial charge in [-0.05, 0) is 24.3 Å². The van der Waals surface area contributed by atoms with Gasteiger partial charge in [0.05, 0.1) is 0 Å². The van der Waals surface area contributed by atoms with Gasteiger partial charge in [-0.2, -0.15) is 22.0 Å². The van der Waals surface area contributed by atoms with Gasteiger partial charge < -0.3 is 9.64 Å². The molecule has 0 aliphatic heterocycles. The number of alkyl halides is 6. The molecule has 0 bridgehead atoms. The Morgan fingerprint density at radius 3 is 2.24 bits per heavy atom. The van der Waals surface area contributed by atoms with E-state index in [9.17, 15) is 26.7 Å². The van der Waals surface area contributed by atoms with Crippen molar-refractivity contribution >= 4 is 21.8 Å². The molecule has 1 aromatic carbocycles. The van der Waals surface area contributed by atoms with Gasteiger partial charge in [0.15, 0.2) is 0 Å². The van der Waals surface area contributed by atoms with Crippen LogP contribution in [0.1, 0.15) is 10.4 Å². The van der Waals surface area contributed by atoms with Crippen LogP contribution in [0.2, 0.25) is 0 Å². The Labute approximate surface area is 125 Å². The molecule has 1 rings (SSSR count). The SMILES string of the molecule is O=C(c1ccc(OC(F)F)cc1)N(CCBr)CC(F)(F)F. The molecule has 0 atom stereocenters. The van der Waals surface area contributed by atoms with Gasteiger partial charge in [0, 0.05) is 17.4 Å². The van der Waals surface area contributed by atoms with Crippen molar-refractivity contribution in [2.24, 2.45) is 0 Å². The van der Waals surface area contributed by atoms with Crippen LogP contribution in [0.25, 0.3) is 0 Å². The van der Waals surface area contributed by atoms with Crippen molar-refractivity contribution < 1.29 is 31.5 Å². The Kier molecular flexibility index (Phi) is 6.38. The highest BCUT2D eigenvalue weighted by molar-refractivity contribution is 9.09. The topological polar surface area (TPSA) is 29.5 Å². The van der Waals surface area contributed by atoms with E-state index in [1.54, 1.807) is 0 Å². The summed E-state index contributed by atoms with van der Waals surface area (Å²) in [4.78, 5) is 12.6.